The zero-order valence-electron chi connectivity index (χ0n) is 13.9. The molecular weight excluding hydrogens is 358 g/mol. The van der Waals surface area contributed by atoms with Crippen LogP contribution in [0.4, 0.5) is 5.69 Å². The molecule has 0 atom stereocenters. The van der Waals surface area contributed by atoms with Gasteiger partial charge in [0.05, 0.1) is 29.9 Å². The van der Waals surface area contributed by atoms with Gasteiger partial charge in [0.1, 0.15) is 5.75 Å². The van der Waals surface area contributed by atoms with E-state index in [9.17, 15) is 4.79 Å². The number of nitrogens with zero attached hydrogens (tertiary/aromatic N) is 2. The Balaban J connectivity index is 1.59. The van der Waals surface area contributed by atoms with E-state index in [4.69, 9.17) is 25.5 Å². The normalized spacial score (nSPS) is 10.4. The Kier molecular flexibility index (Phi) is 5.70. The highest BCUT2D eigenvalue weighted by molar-refractivity contribution is 6.33. The first kappa shape index (κ1) is 17.8. The summed E-state index contributed by atoms with van der Waals surface area (Å²) in [6.07, 6.45) is 0. The summed E-state index contributed by atoms with van der Waals surface area (Å²) in [6.45, 7) is 0.429. The standard InChI is InChI=1S/C18H16ClN3O4/c1-24-18(23)12-7-8-14(19)15(9-12)20-10-16-21-22-17(26-16)11-25-13-5-3-2-4-6-13/h2-9,20H,10-11H2,1H3. The second kappa shape index (κ2) is 8.35. The number of hydrogen-bond donors (Lipinski definition) is 1. The van der Waals surface area contributed by atoms with Gasteiger partial charge in [-0.1, -0.05) is 29.8 Å². The van der Waals surface area contributed by atoms with Crippen LogP contribution >= 0.6 is 11.6 Å². The molecule has 0 spiro atoms. The highest BCUT2D eigenvalue weighted by Crippen LogP contribution is 2.24. The molecule has 0 fully saturated rings. The molecule has 0 saturated carbocycles. The molecule has 134 valence electrons. The Morgan fingerprint density at radius 2 is 1.92 bits per heavy atom. The minimum Gasteiger partial charge on any atom is -0.484 e. The van der Waals surface area contributed by atoms with Gasteiger partial charge in [-0.05, 0) is 30.3 Å². The van der Waals surface area contributed by atoms with Crippen LogP contribution in [0.25, 0.3) is 0 Å². The minimum absolute atomic E-state index is 0.176. The molecule has 3 aromatic rings. The Bertz CT molecular complexity index is 883. The van der Waals surface area contributed by atoms with E-state index in [0.717, 1.165) is 5.75 Å². The maximum atomic E-state index is 11.6. The minimum atomic E-state index is -0.442. The number of rotatable bonds is 7. The molecular formula is C18H16ClN3O4. The number of carbonyl (C=O) groups is 1. The number of esters is 1. The second-order valence-electron chi connectivity index (χ2n) is 5.23. The fourth-order valence-electron chi connectivity index (χ4n) is 2.16. The fourth-order valence-corrected chi connectivity index (χ4v) is 2.34. The number of halogens is 1. The Morgan fingerprint density at radius 3 is 2.69 bits per heavy atom. The van der Waals surface area contributed by atoms with Gasteiger partial charge in [-0.2, -0.15) is 0 Å². The van der Waals surface area contributed by atoms with Gasteiger partial charge in [0.2, 0.25) is 5.89 Å². The molecule has 0 unspecified atom stereocenters. The molecule has 1 aromatic heterocycles. The van der Waals surface area contributed by atoms with E-state index >= 15 is 0 Å². The predicted octanol–water partition coefficient (Wildman–Crippen LogP) is 3.70. The van der Waals surface area contributed by atoms with E-state index in [-0.39, 0.29) is 13.2 Å². The summed E-state index contributed by atoms with van der Waals surface area (Å²) < 4.78 is 15.8. The van der Waals surface area contributed by atoms with Gasteiger partial charge in [-0.3, -0.25) is 0 Å². The van der Waals surface area contributed by atoms with Gasteiger partial charge in [0.15, 0.2) is 6.61 Å². The van der Waals surface area contributed by atoms with Crippen molar-refractivity contribution in [1.82, 2.24) is 10.2 Å². The SMILES string of the molecule is COC(=O)c1ccc(Cl)c(NCc2nnc(COc3ccccc3)o2)c1. The van der Waals surface area contributed by atoms with Crippen molar-refractivity contribution in [2.45, 2.75) is 13.2 Å². The molecule has 3 rings (SSSR count). The van der Waals surface area contributed by atoms with Crippen molar-refractivity contribution >= 4 is 23.3 Å². The number of aromatic nitrogens is 2. The van der Waals surface area contributed by atoms with E-state index in [2.05, 4.69) is 15.5 Å². The van der Waals surface area contributed by atoms with Crippen molar-refractivity contribution in [2.75, 3.05) is 12.4 Å². The van der Waals surface area contributed by atoms with E-state index < -0.39 is 5.97 Å². The average Bonchev–Trinajstić information content (AvgIpc) is 3.14. The molecule has 1 heterocycles. The topological polar surface area (TPSA) is 86.5 Å². The first-order chi connectivity index (χ1) is 12.7. The van der Waals surface area contributed by atoms with Crippen LogP contribution in [0.1, 0.15) is 22.1 Å². The lowest BCUT2D eigenvalue weighted by atomic mass is 10.2. The van der Waals surface area contributed by atoms with Gasteiger partial charge in [-0.25, -0.2) is 4.79 Å². The van der Waals surface area contributed by atoms with Crippen molar-refractivity contribution in [3.05, 3.63) is 70.9 Å². The van der Waals surface area contributed by atoms with Crippen LogP contribution in [0.15, 0.2) is 52.9 Å². The molecule has 0 amide bonds. The Hall–Kier alpha value is -3.06. The molecule has 2 aromatic carbocycles. The maximum Gasteiger partial charge on any atom is 0.337 e. The zero-order valence-corrected chi connectivity index (χ0v) is 14.7. The van der Waals surface area contributed by atoms with Crippen LogP contribution in [0, 0.1) is 0 Å². The number of ether oxygens (including phenoxy) is 2. The smallest absolute Gasteiger partial charge is 0.337 e. The van der Waals surface area contributed by atoms with Crippen LogP contribution in [-0.2, 0) is 17.9 Å². The molecule has 8 heteroatoms. The van der Waals surface area contributed by atoms with Crippen molar-refractivity contribution in [1.29, 1.82) is 0 Å². The van der Waals surface area contributed by atoms with E-state index in [1.54, 1.807) is 18.2 Å². The number of anilines is 1. The van der Waals surface area contributed by atoms with E-state index in [1.807, 2.05) is 30.3 Å². The van der Waals surface area contributed by atoms with Crippen LogP contribution in [0.3, 0.4) is 0 Å². The zero-order chi connectivity index (χ0) is 18.4. The summed E-state index contributed by atoms with van der Waals surface area (Å²) in [7, 11) is 1.32. The molecule has 0 saturated heterocycles. The third-order valence-corrected chi connectivity index (χ3v) is 3.76. The van der Waals surface area contributed by atoms with Crippen LogP contribution in [0.5, 0.6) is 5.75 Å². The van der Waals surface area contributed by atoms with Crippen molar-refractivity contribution in [3.8, 4) is 5.75 Å². The molecule has 0 aliphatic carbocycles. The average molecular weight is 374 g/mol. The first-order valence-corrected chi connectivity index (χ1v) is 8.14. The summed E-state index contributed by atoms with van der Waals surface area (Å²) in [4.78, 5) is 11.6. The number of carbonyl (C=O) groups excluding carboxylic acids is 1. The summed E-state index contributed by atoms with van der Waals surface area (Å²) in [5, 5.41) is 11.4. The fraction of sp³-hybridized carbons (Fsp3) is 0.167. The van der Waals surface area contributed by atoms with Gasteiger partial charge in [0, 0.05) is 0 Å². The van der Waals surface area contributed by atoms with E-state index in [0.29, 0.717) is 28.1 Å². The predicted molar refractivity (Wildman–Crippen MR) is 95.2 cm³/mol. The number of nitrogens with one attached hydrogen (secondary N) is 1. The quantitative estimate of drug-likeness (QED) is 0.632. The molecule has 26 heavy (non-hydrogen) atoms. The third-order valence-electron chi connectivity index (χ3n) is 3.43. The number of benzene rings is 2. The lowest BCUT2D eigenvalue weighted by molar-refractivity contribution is 0.0601. The number of para-hydroxylation sites is 1. The summed E-state index contributed by atoms with van der Waals surface area (Å²) >= 11 is 6.13. The van der Waals surface area contributed by atoms with Gasteiger partial charge >= 0.3 is 5.97 Å². The van der Waals surface area contributed by atoms with Crippen molar-refractivity contribution in [3.63, 3.8) is 0 Å². The largest absolute Gasteiger partial charge is 0.484 e. The number of methoxy groups -OCH3 is 1. The van der Waals surface area contributed by atoms with Crippen LogP contribution < -0.4 is 10.1 Å². The van der Waals surface area contributed by atoms with Crippen molar-refractivity contribution in [2.24, 2.45) is 0 Å². The first-order valence-electron chi connectivity index (χ1n) is 7.76. The highest BCUT2D eigenvalue weighted by Gasteiger charge is 2.11. The third kappa shape index (κ3) is 4.52. The maximum absolute atomic E-state index is 11.6. The summed E-state index contributed by atoms with van der Waals surface area (Å²) in [5.74, 6) is 1.01. The van der Waals surface area contributed by atoms with Crippen molar-refractivity contribution < 1.29 is 18.7 Å². The highest BCUT2D eigenvalue weighted by atomic mass is 35.5. The molecule has 1 N–H and O–H groups in total. The lowest BCUT2D eigenvalue weighted by Crippen LogP contribution is -2.04. The molecule has 0 aliphatic rings. The van der Waals surface area contributed by atoms with Gasteiger partial charge < -0.3 is 19.2 Å². The summed E-state index contributed by atoms with van der Waals surface area (Å²) in [6, 6.07) is 14.2. The Morgan fingerprint density at radius 1 is 1.15 bits per heavy atom. The van der Waals surface area contributed by atoms with Gasteiger partial charge in [-0.15, -0.1) is 10.2 Å². The molecule has 0 bridgehead atoms. The lowest BCUT2D eigenvalue weighted by Gasteiger charge is -2.08. The monoisotopic (exact) mass is 373 g/mol. The van der Waals surface area contributed by atoms with E-state index in [1.165, 1.54) is 7.11 Å². The number of hydrogen-bond acceptors (Lipinski definition) is 7. The summed E-state index contributed by atoms with van der Waals surface area (Å²) in [5.41, 5.74) is 0.955. The van der Waals surface area contributed by atoms with Crippen LogP contribution in [-0.4, -0.2) is 23.3 Å². The van der Waals surface area contributed by atoms with Gasteiger partial charge in [0.25, 0.3) is 5.89 Å². The molecule has 7 nitrogen and oxygen atoms in total. The molecule has 0 radical (unpaired) electrons. The van der Waals surface area contributed by atoms with Crippen LogP contribution in [0.2, 0.25) is 5.02 Å². The molecule has 0 aliphatic heterocycles. The Labute approximate surface area is 154 Å². The second-order valence-corrected chi connectivity index (χ2v) is 5.64.